The number of benzene rings is 2. The summed E-state index contributed by atoms with van der Waals surface area (Å²) in [5.41, 5.74) is 2.79. The third kappa shape index (κ3) is 6.11. The van der Waals surface area contributed by atoms with E-state index in [0.29, 0.717) is 11.8 Å². The van der Waals surface area contributed by atoms with Crippen molar-refractivity contribution in [1.82, 2.24) is 4.90 Å². The van der Waals surface area contributed by atoms with E-state index in [1.165, 1.54) is 34.7 Å². The molecule has 2 unspecified atom stereocenters. The Labute approximate surface area is 192 Å². The van der Waals surface area contributed by atoms with Gasteiger partial charge in [-0.1, -0.05) is 50.1 Å². The number of likely N-dealkylation sites (tertiary alicyclic amines) is 1. The van der Waals surface area contributed by atoms with Crippen molar-refractivity contribution in [2.24, 2.45) is 17.8 Å². The van der Waals surface area contributed by atoms with Crippen molar-refractivity contribution in [3.8, 4) is 0 Å². The van der Waals surface area contributed by atoms with E-state index in [4.69, 9.17) is 4.74 Å². The lowest BCUT2D eigenvalue weighted by Gasteiger charge is -2.45. The van der Waals surface area contributed by atoms with E-state index in [9.17, 15) is 9.90 Å². The van der Waals surface area contributed by atoms with E-state index >= 15 is 0 Å². The highest BCUT2D eigenvalue weighted by atomic mass is 16.5. The summed E-state index contributed by atoms with van der Waals surface area (Å²) in [5.74, 6) is 0.593. The molecule has 4 heteroatoms. The molecule has 2 aliphatic rings. The molecule has 2 fully saturated rings. The van der Waals surface area contributed by atoms with Crippen LogP contribution in [0, 0.1) is 17.8 Å². The highest BCUT2D eigenvalue weighted by Crippen LogP contribution is 2.38. The lowest BCUT2D eigenvalue weighted by molar-refractivity contribution is -0.144. The van der Waals surface area contributed by atoms with Gasteiger partial charge in [0.15, 0.2) is 0 Å². The van der Waals surface area contributed by atoms with Gasteiger partial charge in [-0.25, -0.2) is 0 Å². The molecule has 2 aromatic carbocycles. The molecule has 1 saturated heterocycles. The highest BCUT2D eigenvalue weighted by molar-refractivity contribution is 5.83. The summed E-state index contributed by atoms with van der Waals surface area (Å²) in [6.07, 6.45) is 8.57. The summed E-state index contributed by atoms with van der Waals surface area (Å²) in [4.78, 5) is 13.9. The van der Waals surface area contributed by atoms with Crippen LogP contribution in [-0.4, -0.2) is 42.3 Å². The van der Waals surface area contributed by atoms with Crippen LogP contribution in [0.5, 0.6) is 0 Å². The standard InChI is InChI=1S/C28H39NO3/c1-2-13-32-14-4-3-6-21-9-11-25-16-22(10-12-24(25)15-21)18-29-19-27(20-29)23-7-5-8-26(17-23)28(30)31/h9-12,15-16,23,26-27H,2-8,13-14,17-20H2,1H3,(H,30,31). The van der Waals surface area contributed by atoms with Crippen LogP contribution in [0.4, 0.5) is 0 Å². The molecule has 4 rings (SSSR count). The molecule has 1 aliphatic carbocycles. The van der Waals surface area contributed by atoms with Crippen molar-refractivity contribution in [3.05, 3.63) is 47.5 Å². The Balaban J connectivity index is 1.24. The lowest BCUT2D eigenvalue weighted by atomic mass is 9.72. The van der Waals surface area contributed by atoms with E-state index < -0.39 is 5.97 Å². The SMILES string of the molecule is CCCOCCCCc1ccc2cc(CN3CC(C4CCCC(C(=O)O)C4)C3)ccc2c1. The van der Waals surface area contributed by atoms with E-state index in [-0.39, 0.29) is 5.92 Å². The molecule has 174 valence electrons. The zero-order chi connectivity index (χ0) is 22.3. The Morgan fingerprint density at radius 2 is 1.75 bits per heavy atom. The second-order valence-electron chi connectivity index (χ2n) is 10.0. The van der Waals surface area contributed by atoms with Gasteiger partial charge in [0.2, 0.25) is 0 Å². The number of carbonyl (C=O) groups is 1. The fraction of sp³-hybridized carbons (Fsp3) is 0.607. The molecule has 4 nitrogen and oxygen atoms in total. The van der Waals surface area contributed by atoms with E-state index in [1.54, 1.807) is 0 Å². The number of rotatable bonds is 11. The van der Waals surface area contributed by atoms with Gasteiger partial charge < -0.3 is 9.84 Å². The first kappa shape index (κ1) is 23.3. The Morgan fingerprint density at radius 3 is 2.50 bits per heavy atom. The van der Waals surface area contributed by atoms with Gasteiger partial charge in [0.1, 0.15) is 0 Å². The molecule has 1 aliphatic heterocycles. The van der Waals surface area contributed by atoms with Crippen LogP contribution in [-0.2, 0) is 22.5 Å². The second-order valence-corrected chi connectivity index (χ2v) is 10.0. The van der Waals surface area contributed by atoms with Crippen LogP contribution >= 0.6 is 0 Å². The summed E-state index contributed by atoms with van der Waals surface area (Å²) >= 11 is 0. The summed E-state index contributed by atoms with van der Waals surface area (Å²) in [6.45, 7) is 7.15. The molecule has 0 aromatic heterocycles. The number of carboxylic acids is 1. The lowest BCUT2D eigenvalue weighted by Crippen LogP contribution is -2.50. The van der Waals surface area contributed by atoms with Crippen LogP contribution in [0.2, 0.25) is 0 Å². The van der Waals surface area contributed by atoms with Gasteiger partial charge in [0.05, 0.1) is 5.92 Å². The molecule has 2 aromatic rings. The number of aliphatic carboxylic acids is 1. The third-order valence-electron chi connectivity index (χ3n) is 7.44. The molecule has 0 spiro atoms. The van der Waals surface area contributed by atoms with Gasteiger partial charge in [-0.3, -0.25) is 9.69 Å². The van der Waals surface area contributed by atoms with Crippen molar-refractivity contribution in [2.75, 3.05) is 26.3 Å². The predicted molar refractivity (Wildman–Crippen MR) is 130 cm³/mol. The zero-order valence-electron chi connectivity index (χ0n) is 19.6. The van der Waals surface area contributed by atoms with Crippen LogP contribution < -0.4 is 0 Å². The Kier molecular flexibility index (Phi) is 8.20. The number of aryl methyl sites for hydroxylation is 1. The fourth-order valence-corrected chi connectivity index (χ4v) is 5.55. The smallest absolute Gasteiger partial charge is 0.306 e. The molecule has 1 saturated carbocycles. The van der Waals surface area contributed by atoms with E-state index in [2.05, 4.69) is 48.2 Å². The number of ether oxygens (including phenoxy) is 1. The van der Waals surface area contributed by atoms with Gasteiger partial charge in [-0.15, -0.1) is 0 Å². The fourth-order valence-electron chi connectivity index (χ4n) is 5.55. The average Bonchev–Trinajstić information content (AvgIpc) is 2.78. The molecule has 2 atom stereocenters. The average molecular weight is 438 g/mol. The topological polar surface area (TPSA) is 49.8 Å². The van der Waals surface area contributed by atoms with E-state index in [0.717, 1.165) is 71.4 Å². The molecule has 0 bridgehead atoms. The normalized spacial score (nSPS) is 22.2. The van der Waals surface area contributed by atoms with Crippen molar-refractivity contribution in [1.29, 1.82) is 0 Å². The number of fused-ring (bicyclic) bond motifs is 1. The van der Waals surface area contributed by atoms with E-state index in [1.807, 2.05) is 0 Å². The molecule has 0 radical (unpaired) electrons. The van der Waals surface area contributed by atoms with Crippen LogP contribution in [0.15, 0.2) is 36.4 Å². The van der Waals surface area contributed by atoms with Gasteiger partial charge >= 0.3 is 5.97 Å². The van der Waals surface area contributed by atoms with Gasteiger partial charge in [0, 0.05) is 32.8 Å². The zero-order valence-corrected chi connectivity index (χ0v) is 19.6. The number of unbranched alkanes of at least 4 members (excludes halogenated alkanes) is 1. The van der Waals surface area contributed by atoms with Gasteiger partial charge in [0.25, 0.3) is 0 Å². The molecular weight excluding hydrogens is 398 g/mol. The maximum Gasteiger partial charge on any atom is 0.306 e. The van der Waals surface area contributed by atoms with Crippen LogP contribution in [0.25, 0.3) is 10.8 Å². The molecule has 1 heterocycles. The van der Waals surface area contributed by atoms with Crippen molar-refractivity contribution >= 4 is 16.7 Å². The summed E-state index contributed by atoms with van der Waals surface area (Å²) in [7, 11) is 0. The Hall–Kier alpha value is -1.91. The Bertz CT molecular complexity index is 889. The van der Waals surface area contributed by atoms with Crippen LogP contribution in [0.3, 0.4) is 0 Å². The Morgan fingerprint density at radius 1 is 1.00 bits per heavy atom. The maximum absolute atomic E-state index is 11.3. The number of hydrogen-bond acceptors (Lipinski definition) is 3. The minimum Gasteiger partial charge on any atom is -0.481 e. The summed E-state index contributed by atoms with van der Waals surface area (Å²) in [6, 6.07) is 13.8. The largest absolute Gasteiger partial charge is 0.481 e. The molecule has 32 heavy (non-hydrogen) atoms. The number of nitrogens with zero attached hydrogens (tertiary/aromatic N) is 1. The predicted octanol–water partition coefficient (Wildman–Crippen LogP) is 5.91. The molecular formula is C28H39NO3. The third-order valence-corrected chi connectivity index (χ3v) is 7.44. The molecule has 1 N–H and O–H groups in total. The highest BCUT2D eigenvalue weighted by Gasteiger charge is 2.37. The molecule has 0 amide bonds. The minimum absolute atomic E-state index is 0.109. The second kappa shape index (κ2) is 11.3. The van der Waals surface area contributed by atoms with Crippen molar-refractivity contribution < 1.29 is 14.6 Å². The first-order valence-electron chi connectivity index (χ1n) is 12.7. The quantitative estimate of drug-likeness (QED) is 0.444. The first-order chi connectivity index (χ1) is 15.6. The minimum atomic E-state index is -0.591. The number of carboxylic acid groups (broad SMARTS) is 1. The summed E-state index contributed by atoms with van der Waals surface area (Å²) < 4.78 is 5.58. The van der Waals surface area contributed by atoms with Crippen molar-refractivity contribution in [3.63, 3.8) is 0 Å². The first-order valence-corrected chi connectivity index (χ1v) is 12.7. The van der Waals surface area contributed by atoms with Crippen molar-refractivity contribution in [2.45, 2.75) is 64.8 Å². The monoisotopic (exact) mass is 437 g/mol. The van der Waals surface area contributed by atoms with Gasteiger partial charge in [-0.05, 0) is 78.3 Å². The van der Waals surface area contributed by atoms with Gasteiger partial charge in [-0.2, -0.15) is 0 Å². The number of hydrogen-bond donors (Lipinski definition) is 1. The van der Waals surface area contributed by atoms with Crippen LogP contribution in [0.1, 0.15) is 63.0 Å². The summed E-state index contributed by atoms with van der Waals surface area (Å²) in [5, 5.41) is 12.0. The maximum atomic E-state index is 11.3.